The number of imidazole rings is 1. The van der Waals surface area contributed by atoms with Gasteiger partial charge in [0.15, 0.2) is 10.2 Å². The molecule has 0 spiro atoms. The third-order valence-corrected chi connectivity index (χ3v) is 5.78. The zero-order valence-corrected chi connectivity index (χ0v) is 13.7. The van der Waals surface area contributed by atoms with E-state index in [4.69, 9.17) is 17.3 Å². The molecule has 0 radical (unpaired) electrons. The van der Waals surface area contributed by atoms with E-state index in [-0.39, 0.29) is 22.6 Å². The summed E-state index contributed by atoms with van der Waals surface area (Å²) < 4.78 is 29.5. The van der Waals surface area contributed by atoms with Crippen LogP contribution in [0.3, 0.4) is 0 Å². The number of nitrogens with zero attached hydrogens (tertiary/aromatic N) is 2. The number of pyridine rings is 1. The van der Waals surface area contributed by atoms with Crippen molar-refractivity contribution in [2.45, 2.75) is 31.3 Å². The standard InChI is InChI=1S/C13H19ClN4O2S/c1-9(2)13(3,8-15)17-21(19,20)12-11(14)16-10-6-4-5-7-18(10)12/h4-7,9,17H,8,15H2,1-3H3. The Hall–Kier alpha value is -1.15. The smallest absolute Gasteiger partial charge is 0.260 e. The number of nitrogens with one attached hydrogen (secondary N) is 1. The van der Waals surface area contributed by atoms with Gasteiger partial charge in [-0.3, -0.25) is 4.40 Å². The van der Waals surface area contributed by atoms with Gasteiger partial charge >= 0.3 is 0 Å². The Morgan fingerprint density at radius 1 is 1.48 bits per heavy atom. The van der Waals surface area contributed by atoms with Gasteiger partial charge in [0.2, 0.25) is 0 Å². The molecule has 3 N–H and O–H groups in total. The number of hydrogen-bond acceptors (Lipinski definition) is 4. The second-order valence-electron chi connectivity index (χ2n) is 5.52. The van der Waals surface area contributed by atoms with Gasteiger partial charge in [0, 0.05) is 18.3 Å². The average molecular weight is 331 g/mol. The first-order valence-corrected chi connectivity index (χ1v) is 8.44. The van der Waals surface area contributed by atoms with Crippen LogP contribution in [0.15, 0.2) is 29.4 Å². The van der Waals surface area contributed by atoms with E-state index in [1.54, 1.807) is 31.3 Å². The minimum absolute atomic E-state index is 0.0234. The van der Waals surface area contributed by atoms with Crippen LogP contribution in [-0.4, -0.2) is 29.9 Å². The number of nitrogens with two attached hydrogens (primary N) is 1. The summed E-state index contributed by atoms with van der Waals surface area (Å²) in [5, 5.41) is -0.128. The molecule has 116 valence electrons. The summed E-state index contributed by atoms with van der Waals surface area (Å²) in [7, 11) is -3.85. The molecule has 1 atom stereocenters. The molecular formula is C13H19ClN4O2S. The lowest BCUT2D eigenvalue weighted by Gasteiger charge is -2.32. The molecule has 0 fully saturated rings. The molecule has 0 saturated carbocycles. The lowest BCUT2D eigenvalue weighted by atomic mass is 9.90. The fourth-order valence-corrected chi connectivity index (χ4v) is 4.13. The number of halogens is 1. The number of sulfonamides is 1. The minimum Gasteiger partial charge on any atom is -0.329 e. The maximum atomic E-state index is 12.7. The van der Waals surface area contributed by atoms with Crippen molar-refractivity contribution in [2.24, 2.45) is 11.7 Å². The van der Waals surface area contributed by atoms with Crippen LogP contribution in [0.1, 0.15) is 20.8 Å². The minimum atomic E-state index is -3.85. The predicted molar refractivity (Wildman–Crippen MR) is 82.8 cm³/mol. The Bertz CT molecular complexity index is 757. The zero-order chi connectivity index (χ0) is 15.8. The molecule has 0 aromatic carbocycles. The number of aromatic nitrogens is 2. The Labute approximate surface area is 129 Å². The summed E-state index contributed by atoms with van der Waals surface area (Å²) >= 11 is 6.02. The molecular weight excluding hydrogens is 312 g/mol. The molecule has 0 aliphatic carbocycles. The van der Waals surface area contributed by atoms with Crippen molar-refractivity contribution < 1.29 is 8.42 Å². The third-order valence-electron chi connectivity index (χ3n) is 3.77. The summed E-state index contributed by atoms with van der Waals surface area (Å²) in [6, 6.07) is 5.17. The maximum Gasteiger partial charge on any atom is 0.260 e. The first kappa shape index (κ1) is 16.2. The number of fused-ring (bicyclic) bond motifs is 1. The normalized spacial score (nSPS) is 15.5. The van der Waals surface area contributed by atoms with E-state index in [1.807, 2.05) is 13.8 Å². The highest BCUT2D eigenvalue weighted by Crippen LogP contribution is 2.25. The van der Waals surface area contributed by atoms with Gasteiger partial charge in [-0.05, 0) is 25.0 Å². The van der Waals surface area contributed by atoms with Crippen LogP contribution in [-0.2, 0) is 10.0 Å². The van der Waals surface area contributed by atoms with E-state index < -0.39 is 15.6 Å². The lowest BCUT2D eigenvalue weighted by molar-refractivity contribution is 0.314. The van der Waals surface area contributed by atoms with Gasteiger partial charge in [-0.15, -0.1) is 0 Å². The van der Waals surface area contributed by atoms with Crippen molar-refractivity contribution in [3.8, 4) is 0 Å². The highest BCUT2D eigenvalue weighted by Gasteiger charge is 2.35. The molecule has 2 aromatic heterocycles. The van der Waals surface area contributed by atoms with Crippen LogP contribution in [0.2, 0.25) is 5.15 Å². The van der Waals surface area contributed by atoms with E-state index in [9.17, 15) is 8.42 Å². The molecule has 0 bridgehead atoms. The van der Waals surface area contributed by atoms with Crippen LogP contribution in [0.25, 0.3) is 5.65 Å². The van der Waals surface area contributed by atoms with Gasteiger partial charge in [-0.2, -0.15) is 0 Å². The largest absolute Gasteiger partial charge is 0.329 e. The van der Waals surface area contributed by atoms with Crippen molar-refractivity contribution in [3.05, 3.63) is 29.5 Å². The fraction of sp³-hybridized carbons (Fsp3) is 0.462. The molecule has 2 heterocycles. The van der Waals surface area contributed by atoms with Gasteiger partial charge in [0.1, 0.15) is 5.65 Å². The molecule has 8 heteroatoms. The topological polar surface area (TPSA) is 89.5 Å². The summed E-state index contributed by atoms with van der Waals surface area (Å²) in [4.78, 5) is 4.06. The van der Waals surface area contributed by atoms with Crippen LogP contribution in [0.5, 0.6) is 0 Å². The molecule has 2 rings (SSSR count). The second kappa shape index (κ2) is 5.57. The van der Waals surface area contributed by atoms with Gasteiger partial charge in [-0.25, -0.2) is 18.1 Å². The molecule has 21 heavy (non-hydrogen) atoms. The summed E-state index contributed by atoms with van der Waals surface area (Å²) in [5.41, 5.74) is 5.45. The first-order valence-electron chi connectivity index (χ1n) is 6.58. The van der Waals surface area contributed by atoms with E-state index >= 15 is 0 Å². The highest BCUT2D eigenvalue weighted by molar-refractivity contribution is 7.89. The predicted octanol–water partition coefficient (Wildman–Crippen LogP) is 1.64. The zero-order valence-electron chi connectivity index (χ0n) is 12.2. The van der Waals surface area contributed by atoms with Crippen LogP contribution < -0.4 is 10.5 Å². The Morgan fingerprint density at radius 3 is 2.71 bits per heavy atom. The van der Waals surface area contributed by atoms with Crippen LogP contribution in [0, 0.1) is 5.92 Å². The van der Waals surface area contributed by atoms with Crippen molar-refractivity contribution in [3.63, 3.8) is 0 Å². The quantitative estimate of drug-likeness (QED) is 0.872. The van der Waals surface area contributed by atoms with Gasteiger partial charge in [0.25, 0.3) is 10.0 Å². The monoisotopic (exact) mass is 330 g/mol. The van der Waals surface area contributed by atoms with E-state index in [2.05, 4.69) is 9.71 Å². The lowest BCUT2D eigenvalue weighted by Crippen LogP contribution is -2.55. The van der Waals surface area contributed by atoms with E-state index in [0.29, 0.717) is 5.65 Å². The number of hydrogen-bond donors (Lipinski definition) is 2. The Kier molecular flexibility index (Phi) is 4.30. The molecule has 1 unspecified atom stereocenters. The fourth-order valence-electron chi connectivity index (χ4n) is 1.94. The third kappa shape index (κ3) is 2.91. The Balaban J connectivity index is 2.55. The second-order valence-corrected chi connectivity index (χ2v) is 7.47. The van der Waals surface area contributed by atoms with Gasteiger partial charge in [0.05, 0.1) is 0 Å². The van der Waals surface area contributed by atoms with Crippen molar-refractivity contribution in [2.75, 3.05) is 6.54 Å². The maximum absolute atomic E-state index is 12.7. The van der Waals surface area contributed by atoms with Crippen LogP contribution >= 0.6 is 11.6 Å². The SMILES string of the molecule is CC(C)C(C)(CN)NS(=O)(=O)c1c(Cl)nc2ccccn12. The molecule has 0 aliphatic rings. The highest BCUT2D eigenvalue weighted by atomic mass is 35.5. The summed E-state index contributed by atoms with van der Waals surface area (Å²) in [5.74, 6) is 0.0234. The van der Waals surface area contributed by atoms with E-state index in [0.717, 1.165) is 0 Å². The molecule has 2 aromatic rings. The molecule has 6 nitrogen and oxygen atoms in total. The summed E-state index contributed by atoms with van der Waals surface area (Å²) in [6.07, 6.45) is 1.61. The van der Waals surface area contributed by atoms with E-state index in [1.165, 1.54) is 4.40 Å². The van der Waals surface area contributed by atoms with Crippen molar-refractivity contribution >= 4 is 27.3 Å². The average Bonchev–Trinajstić information content (AvgIpc) is 2.74. The molecule has 0 saturated heterocycles. The Morgan fingerprint density at radius 2 is 2.14 bits per heavy atom. The summed E-state index contributed by atoms with van der Waals surface area (Å²) in [6.45, 7) is 5.77. The number of rotatable bonds is 5. The molecule has 0 amide bonds. The van der Waals surface area contributed by atoms with Crippen molar-refractivity contribution in [1.82, 2.24) is 14.1 Å². The first-order chi connectivity index (χ1) is 9.71. The van der Waals surface area contributed by atoms with Gasteiger partial charge < -0.3 is 5.73 Å². The molecule has 0 aliphatic heterocycles. The van der Waals surface area contributed by atoms with Gasteiger partial charge in [-0.1, -0.05) is 31.5 Å². The van der Waals surface area contributed by atoms with Crippen LogP contribution in [0.4, 0.5) is 0 Å². The van der Waals surface area contributed by atoms with Crippen molar-refractivity contribution in [1.29, 1.82) is 0 Å².